The highest BCUT2D eigenvalue weighted by molar-refractivity contribution is 6.00. The van der Waals surface area contributed by atoms with Crippen LogP contribution in [0.3, 0.4) is 0 Å². The average molecular weight is 711 g/mol. The topological polar surface area (TPSA) is 97.1 Å². The zero-order valence-electron chi connectivity index (χ0n) is 27.1. The molecule has 3 heterocycles. The van der Waals surface area contributed by atoms with E-state index in [1.807, 2.05) is 0 Å². The number of aromatic nitrogens is 3. The summed E-state index contributed by atoms with van der Waals surface area (Å²) in [6, 6.07) is 11.0. The fraction of sp³-hybridized carbons (Fsp3) is 0.351. The van der Waals surface area contributed by atoms with E-state index in [0.29, 0.717) is 33.0 Å². The highest BCUT2D eigenvalue weighted by Gasteiger charge is 2.68. The number of alkyl halides is 5. The number of pyridine rings is 1. The number of benzene rings is 2. The molecule has 2 N–H and O–H groups in total. The van der Waals surface area contributed by atoms with Crippen LogP contribution in [0.1, 0.15) is 88.3 Å². The summed E-state index contributed by atoms with van der Waals surface area (Å²) in [7, 11) is 0. The van der Waals surface area contributed by atoms with Crippen molar-refractivity contribution in [3.63, 3.8) is 0 Å². The van der Waals surface area contributed by atoms with Crippen molar-refractivity contribution < 1.29 is 45.4 Å². The van der Waals surface area contributed by atoms with E-state index in [1.165, 1.54) is 13.8 Å². The Balaban J connectivity index is 1.34. The van der Waals surface area contributed by atoms with E-state index in [0.717, 1.165) is 12.1 Å². The third-order valence-corrected chi connectivity index (χ3v) is 9.35. The number of nitrogens with one attached hydrogen (secondary N) is 1. The number of aliphatic hydroxyl groups is 1. The lowest BCUT2D eigenvalue weighted by Crippen LogP contribution is -2.24. The maximum absolute atomic E-state index is 15.3. The lowest BCUT2D eigenvalue weighted by atomic mass is 9.85. The molecule has 51 heavy (non-hydrogen) atoms. The van der Waals surface area contributed by atoms with Crippen LogP contribution in [0.2, 0.25) is 0 Å². The van der Waals surface area contributed by atoms with E-state index in [2.05, 4.69) is 22.3 Å². The number of hydrogen-bond acceptors (Lipinski definition) is 5. The molecule has 0 spiro atoms. The predicted octanol–water partition coefficient (Wildman–Crippen LogP) is 6.80. The van der Waals surface area contributed by atoms with Gasteiger partial charge in [0.15, 0.2) is 11.5 Å². The minimum atomic E-state index is -5.02. The van der Waals surface area contributed by atoms with Crippen molar-refractivity contribution in [3.8, 4) is 23.0 Å². The molecule has 0 saturated heterocycles. The highest BCUT2D eigenvalue weighted by atomic mass is 19.4. The smallest absolute Gasteiger partial charge is 0.378 e. The standard InChI is InChI=1S/C37H29F7N4O3/c1-35(2,51)9-8-22-6-7-25(24-4-3-5-26-28(24)16-45-34(26)50)31(46-22)19(10-18-11-20(38)14-21(39)12-18)13-23(49)17-48-33-30(32(47-48)37(42,43)44)27-15-29(27)36(33,40)41/h3-7,11-12,14,19,27,29,51H,10,13,15-17H2,1-2H3,(H,45,50)/t19-,27+,29-/m1/s1. The summed E-state index contributed by atoms with van der Waals surface area (Å²) in [6.45, 7) is 2.16. The van der Waals surface area contributed by atoms with E-state index in [9.17, 15) is 36.6 Å². The number of ketones is 1. The van der Waals surface area contributed by atoms with Crippen LogP contribution in [0, 0.1) is 29.4 Å². The third kappa shape index (κ3) is 6.51. The lowest BCUT2D eigenvalue weighted by molar-refractivity contribution is -0.142. The quantitative estimate of drug-likeness (QED) is 0.155. The Morgan fingerprint density at radius 3 is 2.47 bits per heavy atom. The third-order valence-electron chi connectivity index (χ3n) is 9.35. The van der Waals surface area contributed by atoms with Gasteiger partial charge in [-0.15, -0.1) is 0 Å². The van der Waals surface area contributed by atoms with E-state index >= 15 is 8.78 Å². The molecule has 2 aromatic carbocycles. The molecule has 7 nitrogen and oxygen atoms in total. The fourth-order valence-corrected chi connectivity index (χ4v) is 7.18. The first-order chi connectivity index (χ1) is 23.9. The maximum Gasteiger partial charge on any atom is 0.435 e. The summed E-state index contributed by atoms with van der Waals surface area (Å²) in [4.78, 5) is 31.1. The van der Waals surface area contributed by atoms with Crippen molar-refractivity contribution in [1.82, 2.24) is 20.1 Å². The first-order valence-corrected chi connectivity index (χ1v) is 16.1. The number of rotatable bonds is 8. The molecule has 1 saturated carbocycles. The minimum absolute atomic E-state index is 0.111. The van der Waals surface area contributed by atoms with Crippen molar-refractivity contribution >= 4 is 11.7 Å². The Hall–Kier alpha value is -5.03. The Labute approximate surface area is 286 Å². The fourth-order valence-electron chi connectivity index (χ4n) is 7.18. The van der Waals surface area contributed by atoms with Gasteiger partial charge in [0.2, 0.25) is 0 Å². The molecule has 0 radical (unpaired) electrons. The van der Waals surface area contributed by atoms with Crippen LogP contribution in [-0.2, 0) is 36.4 Å². The van der Waals surface area contributed by atoms with Gasteiger partial charge in [0.1, 0.15) is 35.2 Å². The average Bonchev–Trinajstić information content (AvgIpc) is 3.53. The summed E-state index contributed by atoms with van der Waals surface area (Å²) in [6.07, 6.45) is -5.85. The molecule has 2 aromatic heterocycles. The molecule has 4 aromatic rings. The minimum Gasteiger partial charge on any atom is -0.378 e. The first kappa shape index (κ1) is 34.4. The maximum atomic E-state index is 15.3. The molecule has 3 atom stereocenters. The lowest BCUT2D eigenvalue weighted by Gasteiger charge is -2.22. The molecule has 1 fully saturated rings. The van der Waals surface area contributed by atoms with Crippen LogP contribution < -0.4 is 5.32 Å². The van der Waals surface area contributed by atoms with Gasteiger partial charge >= 0.3 is 6.18 Å². The van der Waals surface area contributed by atoms with E-state index < -0.39 is 82.8 Å². The van der Waals surface area contributed by atoms with Gasteiger partial charge < -0.3 is 10.4 Å². The Bertz CT molecular complexity index is 2150. The molecule has 14 heteroatoms. The molecule has 3 aliphatic rings. The first-order valence-electron chi connectivity index (χ1n) is 16.1. The van der Waals surface area contributed by atoms with Gasteiger partial charge in [-0.1, -0.05) is 18.1 Å². The van der Waals surface area contributed by atoms with Gasteiger partial charge in [0.05, 0.1) is 5.69 Å². The van der Waals surface area contributed by atoms with Gasteiger partial charge in [-0.05, 0) is 85.5 Å². The highest BCUT2D eigenvalue weighted by Crippen LogP contribution is 2.68. The number of Topliss-reactive ketones (excluding diaryl/α,β-unsaturated/α-hetero) is 1. The second kappa shape index (κ2) is 12.0. The summed E-state index contributed by atoms with van der Waals surface area (Å²) >= 11 is 0. The molecule has 2 aliphatic carbocycles. The van der Waals surface area contributed by atoms with E-state index in [4.69, 9.17) is 4.98 Å². The summed E-state index contributed by atoms with van der Waals surface area (Å²) < 4.78 is 102. The van der Waals surface area contributed by atoms with Crippen LogP contribution in [0.15, 0.2) is 48.5 Å². The van der Waals surface area contributed by atoms with Crippen LogP contribution in [-0.4, -0.2) is 37.2 Å². The number of halogens is 7. The molecule has 1 amide bonds. The van der Waals surface area contributed by atoms with E-state index in [1.54, 1.807) is 30.3 Å². The van der Waals surface area contributed by atoms with Crippen LogP contribution in [0.5, 0.6) is 0 Å². The summed E-state index contributed by atoms with van der Waals surface area (Å²) in [5.74, 6) is -4.41. The normalized spacial score (nSPS) is 19.1. The van der Waals surface area contributed by atoms with Crippen molar-refractivity contribution in [3.05, 3.63) is 105 Å². The molecule has 264 valence electrons. The molecule has 7 rings (SSSR count). The van der Waals surface area contributed by atoms with Crippen LogP contribution >= 0.6 is 0 Å². The summed E-state index contributed by atoms with van der Waals surface area (Å²) in [5, 5.41) is 16.4. The Morgan fingerprint density at radius 1 is 1.08 bits per heavy atom. The zero-order chi connectivity index (χ0) is 36.6. The SMILES string of the molecule is CC(C)(O)C#Cc1ccc(-c2cccc3c2CNC3=O)c([C@@H](CC(=O)Cn2nc(C(F)(F)F)c3c2C(F)(F)[C@@H]2C[C@H]32)Cc2cc(F)cc(F)c2)n1. The molecular formula is C37H29F7N4O3. The number of fused-ring (bicyclic) bond motifs is 4. The molecular weight excluding hydrogens is 681 g/mol. The van der Waals surface area contributed by atoms with Gasteiger partial charge in [-0.3, -0.25) is 14.3 Å². The Kier molecular flexibility index (Phi) is 8.13. The van der Waals surface area contributed by atoms with Crippen molar-refractivity contribution in [2.24, 2.45) is 5.92 Å². The number of hydrogen-bond donors (Lipinski definition) is 2. The second-order valence-corrected chi connectivity index (χ2v) is 13.7. The number of nitrogens with zero attached hydrogens (tertiary/aromatic N) is 3. The van der Waals surface area contributed by atoms with Gasteiger partial charge in [-0.25, -0.2) is 13.8 Å². The largest absolute Gasteiger partial charge is 0.435 e. The van der Waals surface area contributed by atoms with E-state index in [-0.39, 0.29) is 42.2 Å². The Morgan fingerprint density at radius 2 is 1.78 bits per heavy atom. The molecule has 1 aliphatic heterocycles. The number of carbonyl (C=O) groups excluding carboxylic acids is 2. The van der Waals surface area contributed by atoms with Crippen molar-refractivity contribution in [1.29, 1.82) is 0 Å². The molecule has 0 unspecified atom stereocenters. The summed E-state index contributed by atoms with van der Waals surface area (Å²) in [5.41, 5.74) is -1.90. The van der Waals surface area contributed by atoms with Crippen LogP contribution in [0.4, 0.5) is 30.7 Å². The van der Waals surface area contributed by atoms with Gasteiger partial charge in [-0.2, -0.15) is 27.1 Å². The van der Waals surface area contributed by atoms with Crippen molar-refractivity contribution in [2.75, 3.05) is 0 Å². The van der Waals surface area contributed by atoms with Gasteiger partial charge in [0.25, 0.3) is 11.8 Å². The number of amides is 1. The van der Waals surface area contributed by atoms with Crippen molar-refractivity contribution in [2.45, 2.75) is 75.7 Å². The predicted molar refractivity (Wildman–Crippen MR) is 168 cm³/mol. The zero-order valence-corrected chi connectivity index (χ0v) is 27.1. The number of carbonyl (C=O) groups is 2. The van der Waals surface area contributed by atoms with Crippen LogP contribution in [0.25, 0.3) is 11.1 Å². The molecule has 0 bridgehead atoms. The van der Waals surface area contributed by atoms with Gasteiger partial charge in [0, 0.05) is 47.6 Å². The monoisotopic (exact) mass is 710 g/mol. The second-order valence-electron chi connectivity index (χ2n) is 13.7.